The van der Waals surface area contributed by atoms with Gasteiger partial charge in [-0.25, -0.2) is 0 Å². The van der Waals surface area contributed by atoms with E-state index in [2.05, 4.69) is 15.8 Å². The Kier molecular flexibility index (Phi) is 5.30. The molecular weight excluding hydrogens is 328 g/mol. The third-order valence-corrected chi connectivity index (χ3v) is 3.03. The van der Waals surface area contributed by atoms with E-state index in [-0.39, 0.29) is 11.2 Å². The van der Waals surface area contributed by atoms with Gasteiger partial charge in [0, 0.05) is 23.2 Å². The van der Waals surface area contributed by atoms with Gasteiger partial charge in [-0.05, 0) is 57.3 Å². The maximum atomic E-state index is 10.7. The highest BCUT2D eigenvalue weighted by Crippen LogP contribution is 2.23. The van der Waals surface area contributed by atoms with Crippen LogP contribution in [0.3, 0.4) is 0 Å². The van der Waals surface area contributed by atoms with Gasteiger partial charge in [0.05, 0.1) is 11.1 Å². The normalized spacial score (nSPS) is 11.5. The third-order valence-electron chi connectivity index (χ3n) is 2.84. The van der Waals surface area contributed by atoms with Gasteiger partial charge in [0.25, 0.3) is 5.69 Å². The Morgan fingerprint density at radius 2 is 1.92 bits per heavy atom. The lowest BCUT2D eigenvalue weighted by atomic mass is 10.1. The number of benzene rings is 1. The van der Waals surface area contributed by atoms with E-state index in [1.165, 1.54) is 18.3 Å². The lowest BCUT2D eigenvalue weighted by Crippen LogP contribution is -2.44. The van der Waals surface area contributed by atoms with Gasteiger partial charge in [0.1, 0.15) is 11.5 Å². The molecule has 0 aliphatic heterocycles. The molecule has 0 atom stereocenters. The number of nitro groups is 1. The number of rotatable bonds is 4. The molecule has 1 aromatic carbocycles. The fourth-order valence-corrected chi connectivity index (χ4v) is 2.21. The topological polar surface area (TPSA) is 92.7 Å². The number of nitro benzene ring substituents is 1. The Morgan fingerprint density at radius 3 is 2.50 bits per heavy atom. The maximum Gasteiger partial charge on any atom is 0.269 e. The smallest absolute Gasteiger partial charge is 0.269 e. The zero-order chi connectivity index (χ0) is 17.7. The highest BCUT2D eigenvalue weighted by Gasteiger charge is 2.10. The fourth-order valence-electron chi connectivity index (χ4n) is 1.85. The summed E-state index contributed by atoms with van der Waals surface area (Å²) in [6, 6.07) is 9.67. The minimum atomic E-state index is -0.440. The van der Waals surface area contributed by atoms with E-state index in [1.54, 1.807) is 24.3 Å². The lowest BCUT2D eigenvalue weighted by molar-refractivity contribution is -0.384. The van der Waals surface area contributed by atoms with E-state index < -0.39 is 4.92 Å². The molecule has 2 N–H and O–H groups in total. The summed E-state index contributed by atoms with van der Waals surface area (Å²) >= 11 is 5.11. The number of hydrogen-bond donors (Lipinski definition) is 2. The van der Waals surface area contributed by atoms with Gasteiger partial charge in [-0.1, -0.05) is 0 Å². The molecule has 1 heterocycles. The number of nitrogens with one attached hydrogen (secondary N) is 2. The monoisotopic (exact) mass is 346 g/mol. The Balaban J connectivity index is 1.99. The number of thiocarbonyl (C=S) groups is 1. The standard InChI is InChI=1S/C16H18N4O3S/c1-16(2,3)18-15(24)19-17-10-13-8-9-14(23-13)11-4-6-12(7-5-11)20(21)22/h4-10H,1-3H3,(H2,18,19,24)/b17-10+. The lowest BCUT2D eigenvalue weighted by Gasteiger charge is -2.21. The second-order valence-electron chi connectivity index (χ2n) is 6.08. The van der Waals surface area contributed by atoms with Crippen LogP contribution in [0.2, 0.25) is 0 Å². The molecule has 0 aliphatic rings. The highest BCUT2D eigenvalue weighted by atomic mass is 32.1. The van der Waals surface area contributed by atoms with Crippen LogP contribution >= 0.6 is 12.2 Å². The van der Waals surface area contributed by atoms with Gasteiger partial charge in [-0.3, -0.25) is 15.5 Å². The summed E-state index contributed by atoms with van der Waals surface area (Å²) in [5.74, 6) is 1.14. The molecule has 0 unspecified atom stereocenters. The van der Waals surface area contributed by atoms with Gasteiger partial charge >= 0.3 is 0 Å². The van der Waals surface area contributed by atoms with Gasteiger partial charge in [-0.15, -0.1) is 0 Å². The first-order valence-electron chi connectivity index (χ1n) is 7.20. The van der Waals surface area contributed by atoms with Crippen LogP contribution in [0.1, 0.15) is 26.5 Å². The van der Waals surface area contributed by atoms with E-state index in [4.69, 9.17) is 16.6 Å². The van der Waals surface area contributed by atoms with Crippen molar-refractivity contribution in [2.24, 2.45) is 5.10 Å². The number of furan rings is 1. The van der Waals surface area contributed by atoms with Crippen molar-refractivity contribution in [3.8, 4) is 11.3 Å². The summed E-state index contributed by atoms with van der Waals surface area (Å²) in [7, 11) is 0. The molecular formula is C16H18N4O3S. The first-order valence-corrected chi connectivity index (χ1v) is 7.61. The van der Waals surface area contributed by atoms with Crippen LogP contribution in [0, 0.1) is 10.1 Å². The van der Waals surface area contributed by atoms with Gasteiger partial charge < -0.3 is 9.73 Å². The minimum absolute atomic E-state index is 0.0381. The maximum absolute atomic E-state index is 10.7. The van der Waals surface area contributed by atoms with Gasteiger partial charge in [0.15, 0.2) is 5.11 Å². The molecule has 7 nitrogen and oxygen atoms in total. The predicted molar refractivity (Wildman–Crippen MR) is 97.0 cm³/mol. The summed E-state index contributed by atoms with van der Waals surface area (Å²) in [5, 5.41) is 18.2. The zero-order valence-corrected chi connectivity index (χ0v) is 14.4. The zero-order valence-electron chi connectivity index (χ0n) is 13.6. The van der Waals surface area contributed by atoms with E-state index in [9.17, 15) is 10.1 Å². The molecule has 2 aromatic rings. The third kappa shape index (κ3) is 5.17. The van der Waals surface area contributed by atoms with Crippen molar-refractivity contribution in [2.75, 3.05) is 0 Å². The molecule has 126 valence electrons. The van der Waals surface area contributed by atoms with E-state index in [0.717, 1.165) is 5.56 Å². The van der Waals surface area contributed by atoms with Crippen LogP contribution in [0.4, 0.5) is 5.69 Å². The van der Waals surface area contributed by atoms with Crippen LogP contribution in [-0.2, 0) is 0 Å². The van der Waals surface area contributed by atoms with Crippen molar-refractivity contribution in [1.29, 1.82) is 0 Å². The SMILES string of the molecule is CC(C)(C)NC(=S)N/N=C/c1ccc(-c2ccc([N+](=O)[O-])cc2)o1. The average molecular weight is 346 g/mol. The van der Waals surface area contributed by atoms with Gasteiger partial charge in [0.2, 0.25) is 0 Å². The molecule has 0 spiro atoms. The highest BCUT2D eigenvalue weighted by molar-refractivity contribution is 7.80. The molecule has 0 saturated carbocycles. The summed E-state index contributed by atoms with van der Waals surface area (Å²) in [4.78, 5) is 10.2. The molecule has 2 rings (SSSR count). The summed E-state index contributed by atoms with van der Waals surface area (Å²) in [6.45, 7) is 5.98. The van der Waals surface area contributed by atoms with Crippen LogP contribution in [0.25, 0.3) is 11.3 Å². The summed E-state index contributed by atoms with van der Waals surface area (Å²) < 4.78 is 5.63. The van der Waals surface area contributed by atoms with Crippen molar-refractivity contribution in [3.63, 3.8) is 0 Å². The molecule has 0 aliphatic carbocycles. The average Bonchev–Trinajstić information content (AvgIpc) is 2.94. The molecule has 8 heteroatoms. The molecule has 0 radical (unpaired) electrons. The number of hydrogen-bond acceptors (Lipinski definition) is 5. The fraction of sp³-hybridized carbons (Fsp3) is 0.250. The quantitative estimate of drug-likeness (QED) is 0.381. The number of hydrazone groups is 1. The van der Waals surface area contributed by atoms with Crippen molar-refractivity contribution in [3.05, 3.63) is 52.3 Å². The van der Waals surface area contributed by atoms with Crippen LogP contribution in [0.5, 0.6) is 0 Å². The van der Waals surface area contributed by atoms with E-state index >= 15 is 0 Å². The molecule has 0 amide bonds. The van der Waals surface area contributed by atoms with Crippen molar-refractivity contribution in [2.45, 2.75) is 26.3 Å². The van der Waals surface area contributed by atoms with E-state index in [1.807, 2.05) is 20.8 Å². The van der Waals surface area contributed by atoms with Gasteiger partial charge in [-0.2, -0.15) is 5.10 Å². The number of non-ortho nitro benzene ring substituents is 1. The second-order valence-corrected chi connectivity index (χ2v) is 6.49. The summed E-state index contributed by atoms with van der Waals surface area (Å²) in [5.41, 5.74) is 3.35. The largest absolute Gasteiger partial charge is 0.455 e. The minimum Gasteiger partial charge on any atom is -0.455 e. The van der Waals surface area contributed by atoms with Crippen LogP contribution in [0.15, 0.2) is 45.9 Å². The second kappa shape index (κ2) is 7.22. The Hall–Kier alpha value is -2.74. The molecule has 24 heavy (non-hydrogen) atoms. The number of nitrogens with zero attached hydrogens (tertiary/aromatic N) is 2. The first kappa shape index (κ1) is 17.6. The molecule has 1 aromatic heterocycles. The van der Waals surface area contributed by atoms with Crippen molar-refractivity contribution in [1.82, 2.24) is 10.7 Å². The Bertz CT molecular complexity index is 760. The first-order chi connectivity index (χ1) is 11.2. The van der Waals surface area contributed by atoms with Crippen LogP contribution < -0.4 is 10.7 Å². The summed E-state index contributed by atoms with van der Waals surface area (Å²) in [6.07, 6.45) is 1.51. The van der Waals surface area contributed by atoms with Crippen molar-refractivity contribution >= 4 is 29.2 Å². The molecule has 0 bridgehead atoms. The molecule has 0 fully saturated rings. The van der Waals surface area contributed by atoms with Crippen molar-refractivity contribution < 1.29 is 9.34 Å². The van der Waals surface area contributed by atoms with Crippen LogP contribution in [-0.4, -0.2) is 21.8 Å². The Labute approximate surface area is 144 Å². The van der Waals surface area contributed by atoms with E-state index in [0.29, 0.717) is 16.6 Å². The molecule has 0 saturated heterocycles. The Morgan fingerprint density at radius 1 is 1.25 bits per heavy atom. The predicted octanol–water partition coefficient (Wildman–Crippen LogP) is 3.45.